The molecule has 152 valence electrons. The van der Waals surface area contributed by atoms with Crippen molar-refractivity contribution in [3.63, 3.8) is 0 Å². The van der Waals surface area contributed by atoms with Crippen molar-refractivity contribution in [2.75, 3.05) is 6.54 Å². The third-order valence-electron chi connectivity index (χ3n) is 5.86. The van der Waals surface area contributed by atoms with E-state index in [0.29, 0.717) is 13.0 Å². The summed E-state index contributed by atoms with van der Waals surface area (Å²) >= 11 is 7.07. The molecule has 0 N–H and O–H groups in total. The molecule has 4 rings (SSSR count). The van der Waals surface area contributed by atoms with Crippen LogP contribution < -0.4 is 4.74 Å². The quantitative estimate of drug-likeness (QED) is 0.514. The third-order valence-corrected chi connectivity index (χ3v) is 7.44. The monoisotopic (exact) mass is 425 g/mol. The van der Waals surface area contributed by atoms with Gasteiger partial charge in [0.15, 0.2) is 0 Å². The maximum Gasteiger partial charge on any atom is 0.241 e. The lowest BCUT2D eigenvalue weighted by Crippen LogP contribution is -2.33. The number of hydrogen-bond acceptors (Lipinski definition) is 4. The van der Waals surface area contributed by atoms with Crippen LogP contribution in [0, 0.1) is 5.92 Å². The number of benzene rings is 2. The summed E-state index contributed by atoms with van der Waals surface area (Å²) in [4.78, 5) is 14.8. The summed E-state index contributed by atoms with van der Waals surface area (Å²) in [6.07, 6.45) is 7.00. The molecule has 0 aromatic heterocycles. The first-order valence-corrected chi connectivity index (χ1v) is 11.8. The van der Waals surface area contributed by atoms with Gasteiger partial charge in [-0.05, 0) is 36.0 Å². The zero-order chi connectivity index (χ0) is 20.1. The maximum atomic E-state index is 13.0. The smallest absolute Gasteiger partial charge is 0.241 e. The number of thiocarbonyl (C=S) groups is 1. The minimum absolute atomic E-state index is 0.146. The second-order valence-corrected chi connectivity index (χ2v) is 9.72. The molecule has 29 heavy (non-hydrogen) atoms. The summed E-state index contributed by atoms with van der Waals surface area (Å²) in [6.45, 7) is 1.30. The van der Waals surface area contributed by atoms with Crippen LogP contribution in [-0.2, 0) is 17.8 Å². The first-order valence-electron chi connectivity index (χ1n) is 10.5. The van der Waals surface area contributed by atoms with Crippen LogP contribution in [0.4, 0.5) is 0 Å². The fourth-order valence-electron chi connectivity index (χ4n) is 4.19. The van der Waals surface area contributed by atoms with Crippen molar-refractivity contribution in [1.29, 1.82) is 0 Å². The predicted molar refractivity (Wildman–Crippen MR) is 123 cm³/mol. The molecule has 2 aromatic rings. The first kappa shape index (κ1) is 20.4. The highest BCUT2D eigenvalue weighted by atomic mass is 32.2. The van der Waals surface area contributed by atoms with Crippen LogP contribution in [0.5, 0.6) is 5.75 Å². The molecule has 1 atom stereocenters. The van der Waals surface area contributed by atoms with Crippen LogP contribution in [0.15, 0.2) is 54.6 Å². The van der Waals surface area contributed by atoms with Crippen molar-refractivity contribution < 1.29 is 9.53 Å². The van der Waals surface area contributed by atoms with Gasteiger partial charge >= 0.3 is 0 Å². The van der Waals surface area contributed by atoms with E-state index < -0.39 is 0 Å². The second-order valence-electron chi connectivity index (χ2n) is 7.89. The van der Waals surface area contributed by atoms with E-state index in [2.05, 4.69) is 18.2 Å². The second kappa shape index (κ2) is 9.77. The molecular formula is C24H27NO2S2. The van der Waals surface area contributed by atoms with Crippen LogP contribution in [0.3, 0.4) is 0 Å². The Morgan fingerprint density at radius 1 is 1.03 bits per heavy atom. The van der Waals surface area contributed by atoms with Crippen molar-refractivity contribution >= 4 is 34.2 Å². The van der Waals surface area contributed by atoms with E-state index >= 15 is 0 Å². The Morgan fingerprint density at radius 2 is 1.76 bits per heavy atom. The van der Waals surface area contributed by atoms with Crippen LogP contribution in [0.25, 0.3) is 0 Å². The molecule has 0 bridgehead atoms. The number of nitrogens with zero attached hydrogens (tertiary/aromatic N) is 1. The summed E-state index contributed by atoms with van der Waals surface area (Å²) < 4.78 is 6.81. The van der Waals surface area contributed by atoms with Gasteiger partial charge in [-0.1, -0.05) is 98.2 Å². The number of para-hydroxylation sites is 1. The van der Waals surface area contributed by atoms with Crippen molar-refractivity contribution in [1.82, 2.24) is 4.90 Å². The summed E-state index contributed by atoms with van der Waals surface area (Å²) in [7, 11) is 0. The van der Waals surface area contributed by atoms with Gasteiger partial charge in [0.2, 0.25) is 5.91 Å². The van der Waals surface area contributed by atoms with E-state index in [4.69, 9.17) is 17.0 Å². The lowest BCUT2D eigenvalue weighted by molar-refractivity contribution is -0.126. The molecule has 5 heteroatoms. The highest BCUT2D eigenvalue weighted by Crippen LogP contribution is 2.34. The van der Waals surface area contributed by atoms with E-state index in [1.165, 1.54) is 37.4 Å². The normalized spacial score (nSPS) is 19.9. The zero-order valence-electron chi connectivity index (χ0n) is 16.6. The van der Waals surface area contributed by atoms with E-state index in [9.17, 15) is 4.79 Å². The highest BCUT2D eigenvalue weighted by molar-refractivity contribution is 8.24. The minimum atomic E-state index is -0.146. The van der Waals surface area contributed by atoms with Gasteiger partial charge in [-0.2, -0.15) is 0 Å². The fraction of sp³-hybridized carbons (Fsp3) is 0.417. The van der Waals surface area contributed by atoms with E-state index in [1.54, 1.807) is 0 Å². The van der Waals surface area contributed by atoms with Crippen LogP contribution in [-0.4, -0.2) is 26.9 Å². The third kappa shape index (κ3) is 5.20. The lowest BCUT2D eigenvalue weighted by atomic mass is 10.0. The summed E-state index contributed by atoms with van der Waals surface area (Å²) in [5, 5.41) is -0.146. The molecule has 1 saturated carbocycles. The minimum Gasteiger partial charge on any atom is -0.489 e. The number of rotatable bonds is 8. The van der Waals surface area contributed by atoms with Crippen molar-refractivity contribution in [2.45, 2.75) is 50.4 Å². The molecular weight excluding hydrogens is 398 g/mol. The van der Waals surface area contributed by atoms with E-state index in [1.807, 2.05) is 41.3 Å². The number of thioether (sulfide) groups is 1. The Labute approximate surface area is 182 Å². The zero-order valence-corrected chi connectivity index (χ0v) is 18.2. The molecule has 2 aliphatic rings. The highest BCUT2D eigenvalue weighted by Gasteiger charge is 2.37. The molecule has 0 radical (unpaired) electrons. The lowest BCUT2D eigenvalue weighted by Gasteiger charge is -2.18. The van der Waals surface area contributed by atoms with Crippen LogP contribution in [0.2, 0.25) is 0 Å². The topological polar surface area (TPSA) is 29.5 Å². The standard InChI is InChI=1S/C24H27NO2S2/c26-23-22(29-24(28)25(23)15-14-18-8-4-5-9-18)16-20-12-6-7-13-21(20)27-17-19-10-2-1-3-11-19/h1-3,6-7,10-13,18,22H,4-5,8-9,14-17H2/t22-/m1/s1. The number of ether oxygens (including phenoxy) is 1. The summed E-state index contributed by atoms with van der Waals surface area (Å²) in [6, 6.07) is 18.2. The molecule has 0 spiro atoms. The fourth-order valence-corrected chi connectivity index (χ4v) is 5.76. The summed E-state index contributed by atoms with van der Waals surface area (Å²) in [5.74, 6) is 1.78. The first-order chi connectivity index (χ1) is 14.2. The Kier molecular flexibility index (Phi) is 6.88. The molecule has 3 nitrogen and oxygen atoms in total. The Balaban J connectivity index is 1.37. The maximum absolute atomic E-state index is 13.0. The SMILES string of the molecule is O=C1[C@@H](Cc2ccccc2OCc2ccccc2)SC(=S)N1CCC1CCCC1. The van der Waals surface area contributed by atoms with Gasteiger partial charge in [0, 0.05) is 6.54 Å². The molecule has 2 aromatic carbocycles. The largest absolute Gasteiger partial charge is 0.489 e. The number of amides is 1. The van der Waals surface area contributed by atoms with Gasteiger partial charge in [0.1, 0.15) is 16.7 Å². The molecule has 1 amide bonds. The number of hydrogen-bond donors (Lipinski definition) is 0. The van der Waals surface area contributed by atoms with Gasteiger partial charge in [0.25, 0.3) is 0 Å². The Hall–Kier alpha value is -1.85. The van der Waals surface area contributed by atoms with Crippen molar-refractivity contribution in [3.05, 3.63) is 65.7 Å². The van der Waals surface area contributed by atoms with Gasteiger partial charge in [-0.15, -0.1) is 0 Å². The van der Waals surface area contributed by atoms with Crippen molar-refractivity contribution in [3.8, 4) is 5.75 Å². The molecule has 2 fully saturated rings. The van der Waals surface area contributed by atoms with E-state index in [0.717, 1.165) is 40.1 Å². The predicted octanol–water partition coefficient (Wildman–Crippen LogP) is 5.62. The molecule has 0 unspecified atom stereocenters. The van der Waals surface area contributed by atoms with Gasteiger partial charge in [-0.25, -0.2) is 0 Å². The molecule has 1 saturated heterocycles. The number of carbonyl (C=O) groups is 1. The Bertz CT molecular complexity index is 849. The average molecular weight is 426 g/mol. The van der Waals surface area contributed by atoms with Crippen LogP contribution >= 0.6 is 24.0 Å². The summed E-state index contributed by atoms with van der Waals surface area (Å²) in [5.41, 5.74) is 2.20. The van der Waals surface area contributed by atoms with E-state index in [-0.39, 0.29) is 11.2 Å². The average Bonchev–Trinajstić information content (AvgIpc) is 3.35. The molecule has 1 aliphatic carbocycles. The van der Waals surface area contributed by atoms with Crippen LogP contribution in [0.1, 0.15) is 43.2 Å². The van der Waals surface area contributed by atoms with Gasteiger partial charge in [0.05, 0.1) is 5.25 Å². The number of carbonyl (C=O) groups excluding carboxylic acids is 1. The molecule has 1 aliphatic heterocycles. The Morgan fingerprint density at radius 3 is 2.55 bits per heavy atom. The van der Waals surface area contributed by atoms with Crippen molar-refractivity contribution in [2.24, 2.45) is 5.92 Å². The van der Waals surface area contributed by atoms with Gasteiger partial charge < -0.3 is 4.74 Å². The molecule has 1 heterocycles. The van der Waals surface area contributed by atoms with Gasteiger partial charge in [-0.3, -0.25) is 9.69 Å².